The first-order valence-corrected chi connectivity index (χ1v) is 5.82. The second kappa shape index (κ2) is 7.20. The van der Waals surface area contributed by atoms with Gasteiger partial charge in [0.15, 0.2) is 0 Å². The molecule has 0 heterocycles. The fraction of sp³-hybridized carbons (Fsp3) is 1.00. The minimum Gasteiger partial charge on any atom is -0.390 e. The molecule has 0 fully saturated rings. The van der Waals surface area contributed by atoms with Crippen molar-refractivity contribution in [1.29, 1.82) is 0 Å². The Kier molecular flexibility index (Phi) is 7.14. The van der Waals surface area contributed by atoms with Crippen LogP contribution in [0.2, 0.25) is 0 Å². The summed E-state index contributed by atoms with van der Waals surface area (Å²) in [4.78, 5) is 0. The van der Waals surface area contributed by atoms with Crippen molar-refractivity contribution in [2.75, 3.05) is 20.3 Å². The summed E-state index contributed by atoms with van der Waals surface area (Å²) in [6, 6.07) is 0. The van der Waals surface area contributed by atoms with E-state index in [0.717, 1.165) is 12.8 Å². The number of methoxy groups -OCH3 is 1. The lowest BCUT2D eigenvalue weighted by molar-refractivity contribution is -0.130. The number of ether oxygens (including phenoxy) is 2. The van der Waals surface area contributed by atoms with Gasteiger partial charge in [-0.1, -0.05) is 13.8 Å². The average molecular weight is 218 g/mol. The number of hydrogen-bond acceptors (Lipinski definition) is 3. The molecule has 0 amide bonds. The van der Waals surface area contributed by atoms with E-state index in [-0.39, 0.29) is 5.92 Å². The van der Waals surface area contributed by atoms with Crippen LogP contribution in [0.5, 0.6) is 0 Å². The summed E-state index contributed by atoms with van der Waals surface area (Å²) in [6.45, 7) is 9.34. The van der Waals surface area contributed by atoms with Gasteiger partial charge in [0, 0.05) is 20.3 Å². The van der Waals surface area contributed by atoms with E-state index >= 15 is 0 Å². The van der Waals surface area contributed by atoms with Crippen molar-refractivity contribution in [2.45, 2.75) is 52.2 Å². The maximum absolute atomic E-state index is 10.2. The van der Waals surface area contributed by atoms with Gasteiger partial charge in [-0.15, -0.1) is 0 Å². The molecule has 0 saturated heterocycles. The van der Waals surface area contributed by atoms with Crippen molar-refractivity contribution < 1.29 is 14.6 Å². The summed E-state index contributed by atoms with van der Waals surface area (Å²) in [7, 11) is 1.68. The standard InChI is InChI=1S/C12H26O3/c1-6-12(4,15-7-2)11(13)10(3)8-9-14-5/h10-11,13H,6-9H2,1-5H3. The van der Waals surface area contributed by atoms with E-state index in [1.807, 2.05) is 27.7 Å². The Hall–Kier alpha value is -0.120. The third-order valence-corrected chi connectivity index (χ3v) is 3.12. The zero-order valence-corrected chi connectivity index (χ0v) is 10.7. The Morgan fingerprint density at radius 2 is 1.93 bits per heavy atom. The minimum absolute atomic E-state index is 0.196. The van der Waals surface area contributed by atoms with E-state index in [1.165, 1.54) is 0 Å². The van der Waals surface area contributed by atoms with Gasteiger partial charge >= 0.3 is 0 Å². The summed E-state index contributed by atoms with van der Waals surface area (Å²) in [5.74, 6) is 0.196. The largest absolute Gasteiger partial charge is 0.390 e. The van der Waals surface area contributed by atoms with Crippen LogP contribution in [0, 0.1) is 5.92 Å². The van der Waals surface area contributed by atoms with Crippen molar-refractivity contribution in [3.63, 3.8) is 0 Å². The molecule has 0 aromatic rings. The third kappa shape index (κ3) is 4.49. The zero-order valence-electron chi connectivity index (χ0n) is 10.7. The normalized spacial score (nSPS) is 19.6. The van der Waals surface area contributed by atoms with Crippen LogP contribution in [0.3, 0.4) is 0 Å². The third-order valence-electron chi connectivity index (χ3n) is 3.12. The lowest BCUT2D eigenvalue weighted by Gasteiger charge is -2.36. The van der Waals surface area contributed by atoms with Crippen molar-refractivity contribution in [3.05, 3.63) is 0 Å². The highest BCUT2D eigenvalue weighted by molar-refractivity contribution is 4.85. The molecule has 0 rings (SSSR count). The van der Waals surface area contributed by atoms with Crippen LogP contribution in [-0.2, 0) is 9.47 Å². The number of hydrogen-bond donors (Lipinski definition) is 1. The quantitative estimate of drug-likeness (QED) is 0.679. The molecule has 3 atom stereocenters. The van der Waals surface area contributed by atoms with Gasteiger partial charge in [0.1, 0.15) is 0 Å². The second-order valence-electron chi connectivity index (χ2n) is 4.30. The maximum atomic E-state index is 10.2. The molecule has 3 nitrogen and oxygen atoms in total. The summed E-state index contributed by atoms with van der Waals surface area (Å²) in [6.07, 6.45) is 1.25. The molecule has 0 aliphatic rings. The number of rotatable bonds is 8. The lowest BCUT2D eigenvalue weighted by Crippen LogP contribution is -2.45. The summed E-state index contributed by atoms with van der Waals surface area (Å²) >= 11 is 0. The minimum atomic E-state index is -0.433. The van der Waals surface area contributed by atoms with E-state index in [9.17, 15) is 5.11 Å². The molecule has 1 N–H and O–H groups in total. The molecule has 0 radical (unpaired) electrons. The smallest absolute Gasteiger partial charge is 0.0912 e. The molecule has 0 spiro atoms. The topological polar surface area (TPSA) is 38.7 Å². The maximum Gasteiger partial charge on any atom is 0.0912 e. The lowest BCUT2D eigenvalue weighted by atomic mass is 9.85. The molecule has 0 aliphatic heterocycles. The Bertz CT molecular complexity index is 161. The monoisotopic (exact) mass is 218 g/mol. The van der Waals surface area contributed by atoms with Gasteiger partial charge in [-0.2, -0.15) is 0 Å². The van der Waals surface area contributed by atoms with Crippen LogP contribution >= 0.6 is 0 Å². The second-order valence-corrected chi connectivity index (χ2v) is 4.30. The highest BCUT2D eigenvalue weighted by Crippen LogP contribution is 2.26. The van der Waals surface area contributed by atoms with Gasteiger partial charge < -0.3 is 14.6 Å². The van der Waals surface area contributed by atoms with Gasteiger partial charge in [0.2, 0.25) is 0 Å². The summed E-state index contributed by atoms with van der Waals surface area (Å²) < 4.78 is 10.7. The van der Waals surface area contributed by atoms with Gasteiger partial charge in [-0.3, -0.25) is 0 Å². The molecule has 0 saturated carbocycles. The van der Waals surface area contributed by atoms with E-state index in [2.05, 4.69) is 0 Å². The zero-order chi connectivity index (χ0) is 11.9. The van der Waals surface area contributed by atoms with Crippen LogP contribution in [0.25, 0.3) is 0 Å². The van der Waals surface area contributed by atoms with Crippen LogP contribution < -0.4 is 0 Å². The van der Waals surface area contributed by atoms with Gasteiger partial charge in [0.25, 0.3) is 0 Å². The van der Waals surface area contributed by atoms with Gasteiger partial charge in [-0.25, -0.2) is 0 Å². The highest BCUT2D eigenvalue weighted by atomic mass is 16.5. The van der Waals surface area contributed by atoms with Crippen LogP contribution in [0.15, 0.2) is 0 Å². The van der Waals surface area contributed by atoms with Crippen molar-refractivity contribution >= 4 is 0 Å². The van der Waals surface area contributed by atoms with E-state index < -0.39 is 11.7 Å². The van der Waals surface area contributed by atoms with Gasteiger partial charge in [0.05, 0.1) is 11.7 Å². The predicted octanol–water partition coefficient (Wildman–Crippen LogP) is 2.23. The fourth-order valence-corrected chi connectivity index (χ4v) is 1.79. The molecule has 3 unspecified atom stereocenters. The SMILES string of the molecule is CCOC(C)(CC)C(O)C(C)CCOC. The van der Waals surface area contributed by atoms with E-state index in [0.29, 0.717) is 13.2 Å². The van der Waals surface area contributed by atoms with Crippen LogP contribution in [0.4, 0.5) is 0 Å². The highest BCUT2D eigenvalue weighted by Gasteiger charge is 2.35. The molecular formula is C12H26O3. The molecule has 0 aliphatic carbocycles. The van der Waals surface area contributed by atoms with Crippen LogP contribution in [0.1, 0.15) is 40.5 Å². The Labute approximate surface area is 93.8 Å². The van der Waals surface area contributed by atoms with Crippen molar-refractivity contribution in [2.24, 2.45) is 5.92 Å². The number of aliphatic hydroxyl groups excluding tert-OH is 1. The summed E-state index contributed by atoms with van der Waals surface area (Å²) in [5, 5.41) is 10.2. The van der Waals surface area contributed by atoms with E-state index in [4.69, 9.17) is 9.47 Å². The molecule has 0 bridgehead atoms. The average Bonchev–Trinajstić information content (AvgIpc) is 2.24. The molecule has 15 heavy (non-hydrogen) atoms. The Morgan fingerprint density at radius 3 is 2.33 bits per heavy atom. The van der Waals surface area contributed by atoms with E-state index in [1.54, 1.807) is 7.11 Å². The summed E-state index contributed by atoms with van der Waals surface area (Å²) in [5.41, 5.74) is -0.429. The van der Waals surface area contributed by atoms with Crippen LogP contribution in [-0.4, -0.2) is 37.1 Å². The molecule has 0 aromatic heterocycles. The number of aliphatic hydroxyl groups is 1. The predicted molar refractivity (Wildman–Crippen MR) is 62.0 cm³/mol. The molecular weight excluding hydrogens is 192 g/mol. The molecule has 0 aromatic carbocycles. The Morgan fingerprint density at radius 1 is 1.33 bits per heavy atom. The van der Waals surface area contributed by atoms with Gasteiger partial charge in [-0.05, 0) is 32.6 Å². The first-order valence-electron chi connectivity index (χ1n) is 5.82. The molecule has 92 valence electrons. The molecule has 3 heteroatoms. The first-order chi connectivity index (χ1) is 7.01. The Balaban J connectivity index is 4.28. The van der Waals surface area contributed by atoms with Crippen molar-refractivity contribution in [3.8, 4) is 0 Å². The first kappa shape index (κ1) is 14.9. The van der Waals surface area contributed by atoms with Crippen molar-refractivity contribution in [1.82, 2.24) is 0 Å². The fourth-order valence-electron chi connectivity index (χ4n) is 1.79.